The first-order valence-corrected chi connectivity index (χ1v) is 5.60. The molecule has 0 aliphatic rings. The fourth-order valence-corrected chi connectivity index (χ4v) is 1.54. The minimum absolute atomic E-state index is 0.121. The molecule has 0 radical (unpaired) electrons. The van der Waals surface area contributed by atoms with Crippen molar-refractivity contribution in [3.63, 3.8) is 0 Å². The van der Waals surface area contributed by atoms with Crippen molar-refractivity contribution in [3.8, 4) is 6.07 Å². The van der Waals surface area contributed by atoms with Crippen molar-refractivity contribution in [1.82, 2.24) is 5.32 Å². The van der Waals surface area contributed by atoms with Crippen molar-refractivity contribution in [2.45, 2.75) is 31.8 Å². The minimum Gasteiger partial charge on any atom is -0.353 e. The number of hydrogen-bond acceptors (Lipinski definition) is 3. The van der Waals surface area contributed by atoms with Gasteiger partial charge in [-0.2, -0.15) is 5.26 Å². The lowest BCUT2D eigenvalue weighted by molar-refractivity contribution is -0.122. The molecule has 0 aromatic heterocycles. The molecule has 1 rings (SSSR count). The molecule has 17 heavy (non-hydrogen) atoms. The van der Waals surface area contributed by atoms with Gasteiger partial charge in [0.1, 0.15) is 0 Å². The van der Waals surface area contributed by atoms with Crippen LogP contribution in [0.1, 0.15) is 31.4 Å². The largest absolute Gasteiger partial charge is 0.353 e. The summed E-state index contributed by atoms with van der Waals surface area (Å²) in [6, 6.07) is 11.1. The van der Waals surface area contributed by atoms with E-state index in [0.29, 0.717) is 6.42 Å². The second-order valence-corrected chi connectivity index (χ2v) is 4.05. The first-order chi connectivity index (χ1) is 8.13. The standard InChI is InChI=1S/C13H17N3O/c1-10(7-8-14)16-13(17)9-12(15)11-5-3-2-4-6-11/h2-6,10,12H,7,9,15H2,1H3,(H,16,17). The highest BCUT2D eigenvalue weighted by molar-refractivity contribution is 5.77. The van der Waals surface area contributed by atoms with Gasteiger partial charge in [0, 0.05) is 18.5 Å². The van der Waals surface area contributed by atoms with Crippen molar-refractivity contribution in [2.75, 3.05) is 0 Å². The molecule has 1 aromatic carbocycles. The maximum atomic E-state index is 11.6. The van der Waals surface area contributed by atoms with Gasteiger partial charge in [-0.3, -0.25) is 4.79 Å². The number of nitrogens with zero attached hydrogens (tertiary/aromatic N) is 1. The van der Waals surface area contributed by atoms with Crippen LogP contribution in [-0.2, 0) is 4.79 Å². The van der Waals surface area contributed by atoms with Gasteiger partial charge in [0.2, 0.25) is 5.91 Å². The first-order valence-electron chi connectivity index (χ1n) is 5.60. The van der Waals surface area contributed by atoms with E-state index in [0.717, 1.165) is 5.56 Å². The van der Waals surface area contributed by atoms with E-state index in [4.69, 9.17) is 11.0 Å². The van der Waals surface area contributed by atoms with E-state index in [2.05, 4.69) is 5.32 Å². The lowest BCUT2D eigenvalue weighted by Gasteiger charge is -2.14. The third-order valence-electron chi connectivity index (χ3n) is 2.44. The molecule has 0 aliphatic heterocycles. The molecular formula is C13H17N3O. The highest BCUT2D eigenvalue weighted by Gasteiger charge is 2.13. The van der Waals surface area contributed by atoms with Crippen LogP contribution in [0.4, 0.5) is 0 Å². The van der Waals surface area contributed by atoms with E-state index < -0.39 is 0 Å². The summed E-state index contributed by atoms with van der Waals surface area (Å²) in [7, 11) is 0. The second kappa shape index (κ2) is 6.66. The van der Waals surface area contributed by atoms with E-state index in [9.17, 15) is 4.79 Å². The summed E-state index contributed by atoms with van der Waals surface area (Å²) in [5.41, 5.74) is 6.86. The average molecular weight is 231 g/mol. The second-order valence-electron chi connectivity index (χ2n) is 4.05. The molecule has 2 atom stereocenters. The number of benzene rings is 1. The Morgan fingerprint density at radius 3 is 2.71 bits per heavy atom. The summed E-state index contributed by atoms with van der Waals surface area (Å²) < 4.78 is 0. The summed E-state index contributed by atoms with van der Waals surface area (Å²) in [4.78, 5) is 11.6. The normalized spacial score (nSPS) is 13.5. The zero-order valence-electron chi connectivity index (χ0n) is 9.89. The van der Waals surface area contributed by atoms with Crippen LogP contribution in [0.3, 0.4) is 0 Å². The number of nitrogens with one attached hydrogen (secondary N) is 1. The van der Waals surface area contributed by atoms with Gasteiger partial charge in [-0.1, -0.05) is 30.3 Å². The lowest BCUT2D eigenvalue weighted by atomic mass is 10.0. The Balaban J connectivity index is 2.44. The number of rotatable bonds is 5. The van der Waals surface area contributed by atoms with Crippen molar-refractivity contribution in [3.05, 3.63) is 35.9 Å². The molecule has 0 saturated heterocycles. The van der Waals surface area contributed by atoms with Gasteiger partial charge in [-0.15, -0.1) is 0 Å². The van der Waals surface area contributed by atoms with Crippen molar-refractivity contribution in [2.24, 2.45) is 5.73 Å². The molecule has 0 aliphatic carbocycles. The molecule has 2 unspecified atom stereocenters. The number of amides is 1. The minimum atomic E-state index is -0.300. The van der Waals surface area contributed by atoms with E-state index in [-0.39, 0.29) is 24.4 Å². The SMILES string of the molecule is CC(CC#N)NC(=O)CC(N)c1ccccc1. The quantitative estimate of drug-likeness (QED) is 0.805. The molecule has 0 fully saturated rings. The van der Waals surface area contributed by atoms with E-state index in [1.807, 2.05) is 36.4 Å². The van der Waals surface area contributed by atoms with Gasteiger partial charge < -0.3 is 11.1 Å². The fourth-order valence-electron chi connectivity index (χ4n) is 1.54. The highest BCUT2D eigenvalue weighted by atomic mass is 16.1. The van der Waals surface area contributed by atoms with Gasteiger partial charge in [0.25, 0.3) is 0 Å². The zero-order valence-corrected chi connectivity index (χ0v) is 9.89. The molecule has 4 nitrogen and oxygen atoms in total. The van der Waals surface area contributed by atoms with Crippen LogP contribution < -0.4 is 11.1 Å². The molecule has 1 amide bonds. The summed E-state index contributed by atoms with van der Waals surface area (Å²) in [6.45, 7) is 1.80. The maximum Gasteiger partial charge on any atom is 0.222 e. The number of carbonyl (C=O) groups excluding carboxylic acids is 1. The summed E-state index contributed by atoms with van der Waals surface area (Å²) >= 11 is 0. The van der Waals surface area contributed by atoms with E-state index >= 15 is 0 Å². The Hall–Kier alpha value is -1.86. The first kappa shape index (κ1) is 13.2. The molecule has 0 bridgehead atoms. The number of carbonyl (C=O) groups is 1. The Bertz CT molecular complexity index is 397. The average Bonchev–Trinajstić information content (AvgIpc) is 2.30. The van der Waals surface area contributed by atoms with Gasteiger partial charge in [0.15, 0.2) is 0 Å². The Morgan fingerprint density at radius 1 is 1.47 bits per heavy atom. The zero-order chi connectivity index (χ0) is 12.7. The van der Waals surface area contributed by atoms with Crippen LogP contribution in [0.2, 0.25) is 0 Å². The molecule has 0 heterocycles. The van der Waals surface area contributed by atoms with Gasteiger partial charge in [-0.25, -0.2) is 0 Å². The predicted octanol–water partition coefficient (Wildman–Crippen LogP) is 1.49. The molecule has 1 aromatic rings. The van der Waals surface area contributed by atoms with Crippen molar-refractivity contribution in [1.29, 1.82) is 5.26 Å². The smallest absolute Gasteiger partial charge is 0.222 e. The van der Waals surface area contributed by atoms with Gasteiger partial charge >= 0.3 is 0 Å². The lowest BCUT2D eigenvalue weighted by Crippen LogP contribution is -2.34. The fraction of sp³-hybridized carbons (Fsp3) is 0.385. The van der Waals surface area contributed by atoms with Crippen LogP contribution in [0.25, 0.3) is 0 Å². The number of nitrogens with two attached hydrogens (primary N) is 1. The molecule has 0 spiro atoms. The molecule has 90 valence electrons. The summed E-state index contributed by atoms with van der Waals surface area (Å²) in [5, 5.41) is 11.2. The third-order valence-corrected chi connectivity index (χ3v) is 2.44. The Morgan fingerprint density at radius 2 is 2.12 bits per heavy atom. The monoisotopic (exact) mass is 231 g/mol. The summed E-state index contributed by atoms with van der Waals surface area (Å²) in [6.07, 6.45) is 0.548. The van der Waals surface area contributed by atoms with Crippen molar-refractivity contribution >= 4 is 5.91 Å². The summed E-state index contributed by atoms with van der Waals surface area (Å²) in [5.74, 6) is -0.121. The van der Waals surface area contributed by atoms with E-state index in [1.165, 1.54) is 0 Å². The molecular weight excluding hydrogens is 214 g/mol. The molecule has 0 saturated carbocycles. The van der Waals surface area contributed by atoms with Gasteiger partial charge in [-0.05, 0) is 12.5 Å². The topological polar surface area (TPSA) is 78.9 Å². The molecule has 3 N–H and O–H groups in total. The molecule has 4 heteroatoms. The van der Waals surface area contributed by atoms with Gasteiger partial charge in [0.05, 0.1) is 12.5 Å². The number of hydrogen-bond donors (Lipinski definition) is 2. The number of nitriles is 1. The van der Waals surface area contributed by atoms with Crippen LogP contribution in [-0.4, -0.2) is 11.9 Å². The maximum absolute atomic E-state index is 11.6. The van der Waals surface area contributed by atoms with Crippen LogP contribution in [0.5, 0.6) is 0 Å². The highest BCUT2D eigenvalue weighted by Crippen LogP contribution is 2.12. The van der Waals surface area contributed by atoms with Crippen LogP contribution in [0, 0.1) is 11.3 Å². The Kier molecular flexibility index (Phi) is 5.18. The van der Waals surface area contributed by atoms with Crippen molar-refractivity contribution < 1.29 is 4.79 Å². The van der Waals surface area contributed by atoms with E-state index in [1.54, 1.807) is 6.92 Å². The van der Waals surface area contributed by atoms with Crippen LogP contribution >= 0.6 is 0 Å². The Labute approximate surface area is 101 Å². The third kappa shape index (κ3) is 4.66. The van der Waals surface area contributed by atoms with Crippen LogP contribution in [0.15, 0.2) is 30.3 Å². The predicted molar refractivity (Wildman–Crippen MR) is 65.8 cm³/mol.